The monoisotopic (exact) mass is 356 g/mol. The van der Waals surface area contributed by atoms with Crippen LogP contribution in [0.4, 0.5) is 5.82 Å². The Morgan fingerprint density at radius 2 is 2.08 bits per heavy atom. The number of hydrogen-bond donors (Lipinski definition) is 1. The standard InChI is InChI=1S/C18H17ClN4O2/c1-12-3-6-17(20-10-12)21-18(24)16-7-8-23(22-16)11-25-14-4-5-15(19)13(2)9-14/h3-10H,11H2,1-2H3,(H,20,21,24). The third-order valence-corrected chi connectivity index (χ3v) is 3.94. The number of anilines is 1. The molecule has 2 aromatic heterocycles. The van der Waals surface area contributed by atoms with E-state index in [-0.39, 0.29) is 12.6 Å². The first kappa shape index (κ1) is 17.0. The summed E-state index contributed by atoms with van der Waals surface area (Å²) in [6.07, 6.45) is 3.37. The van der Waals surface area contributed by atoms with E-state index in [0.717, 1.165) is 11.1 Å². The van der Waals surface area contributed by atoms with Crippen LogP contribution in [-0.2, 0) is 6.73 Å². The number of nitrogens with one attached hydrogen (secondary N) is 1. The second-order valence-electron chi connectivity index (χ2n) is 5.60. The zero-order valence-corrected chi connectivity index (χ0v) is 14.6. The quantitative estimate of drug-likeness (QED) is 0.754. The minimum absolute atomic E-state index is 0.192. The van der Waals surface area contributed by atoms with E-state index in [0.29, 0.717) is 22.3 Å². The van der Waals surface area contributed by atoms with E-state index in [2.05, 4.69) is 15.4 Å². The molecule has 0 saturated carbocycles. The zero-order chi connectivity index (χ0) is 17.8. The highest BCUT2D eigenvalue weighted by atomic mass is 35.5. The summed E-state index contributed by atoms with van der Waals surface area (Å²) in [6, 6.07) is 10.7. The highest BCUT2D eigenvalue weighted by Gasteiger charge is 2.10. The average molecular weight is 357 g/mol. The number of carbonyl (C=O) groups excluding carboxylic acids is 1. The Morgan fingerprint density at radius 3 is 2.80 bits per heavy atom. The van der Waals surface area contributed by atoms with Gasteiger partial charge in [0.1, 0.15) is 11.6 Å². The number of amides is 1. The molecule has 0 aliphatic rings. The molecule has 0 atom stereocenters. The molecule has 1 N–H and O–H groups in total. The van der Waals surface area contributed by atoms with Gasteiger partial charge in [0.25, 0.3) is 5.91 Å². The summed E-state index contributed by atoms with van der Waals surface area (Å²) in [4.78, 5) is 16.3. The Kier molecular flexibility index (Phi) is 5.00. The lowest BCUT2D eigenvalue weighted by Crippen LogP contribution is -2.15. The van der Waals surface area contributed by atoms with Crippen molar-refractivity contribution >= 4 is 23.3 Å². The molecular formula is C18H17ClN4O2. The third-order valence-electron chi connectivity index (χ3n) is 3.52. The molecule has 0 aliphatic heterocycles. The summed E-state index contributed by atoms with van der Waals surface area (Å²) in [5.41, 5.74) is 2.25. The van der Waals surface area contributed by atoms with E-state index in [1.807, 2.05) is 26.0 Å². The van der Waals surface area contributed by atoms with Crippen LogP contribution in [0, 0.1) is 13.8 Å². The Labute approximate surface area is 150 Å². The van der Waals surface area contributed by atoms with Crippen LogP contribution < -0.4 is 10.1 Å². The van der Waals surface area contributed by atoms with Crippen LogP contribution in [0.5, 0.6) is 5.75 Å². The molecule has 128 valence electrons. The molecule has 3 aromatic rings. The van der Waals surface area contributed by atoms with Gasteiger partial charge in [-0.25, -0.2) is 9.67 Å². The molecule has 2 heterocycles. The van der Waals surface area contributed by atoms with Gasteiger partial charge in [-0.05, 0) is 55.3 Å². The van der Waals surface area contributed by atoms with Crippen molar-refractivity contribution in [2.24, 2.45) is 0 Å². The van der Waals surface area contributed by atoms with Crippen LogP contribution in [0.15, 0.2) is 48.8 Å². The van der Waals surface area contributed by atoms with Crippen LogP contribution in [0.1, 0.15) is 21.6 Å². The number of ether oxygens (including phenoxy) is 1. The lowest BCUT2D eigenvalue weighted by atomic mass is 10.2. The fourth-order valence-corrected chi connectivity index (χ4v) is 2.24. The second kappa shape index (κ2) is 7.36. The van der Waals surface area contributed by atoms with Crippen LogP contribution in [0.25, 0.3) is 0 Å². The predicted molar refractivity (Wildman–Crippen MR) is 96.0 cm³/mol. The van der Waals surface area contributed by atoms with Crippen LogP contribution in [-0.4, -0.2) is 20.7 Å². The SMILES string of the molecule is Cc1ccc(NC(=O)c2ccn(COc3ccc(Cl)c(C)c3)n2)nc1. The summed E-state index contributed by atoms with van der Waals surface area (Å²) in [5.74, 6) is 0.850. The van der Waals surface area contributed by atoms with E-state index in [4.69, 9.17) is 16.3 Å². The summed E-state index contributed by atoms with van der Waals surface area (Å²) < 4.78 is 7.19. The van der Waals surface area contributed by atoms with Gasteiger partial charge in [-0.15, -0.1) is 0 Å². The van der Waals surface area contributed by atoms with Gasteiger partial charge in [0.05, 0.1) is 0 Å². The summed E-state index contributed by atoms with van der Waals surface area (Å²) >= 11 is 5.99. The lowest BCUT2D eigenvalue weighted by molar-refractivity contribution is 0.102. The largest absolute Gasteiger partial charge is 0.471 e. The molecule has 7 heteroatoms. The zero-order valence-electron chi connectivity index (χ0n) is 13.9. The van der Waals surface area contributed by atoms with E-state index < -0.39 is 0 Å². The van der Waals surface area contributed by atoms with Gasteiger partial charge >= 0.3 is 0 Å². The number of aromatic nitrogens is 3. The molecule has 3 rings (SSSR count). The van der Waals surface area contributed by atoms with Crippen molar-refractivity contribution < 1.29 is 9.53 Å². The van der Waals surface area contributed by atoms with Crippen molar-refractivity contribution in [3.63, 3.8) is 0 Å². The summed E-state index contributed by atoms with van der Waals surface area (Å²) in [6.45, 7) is 4.03. The maximum atomic E-state index is 12.2. The molecule has 6 nitrogen and oxygen atoms in total. The number of benzene rings is 1. The molecule has 1 amide bonds. The second-order valence-corrected chi connectivity index (χ2v) is 6.01. The van der Waals surface area contributed by atoms with Crippen LogP contribution in [0.3, 0.4) is 0 Å². The first-order valence-corrected chi connectivity index (χ1v) is 8.05. The fraction of sp³-hybridized carbons (Fsp3) is 0.167. The van der Waals surface area contributed by atoms with Gasteiger partial charge in [0, 0.05) is 17.4 Å². The Hall–Kier alpha value is -2.86. The normalized spacial score (nSPS) is 10.5. The van der Waals surface area contributed by atoms with Gasteiger partial charge < -0.3 is 10.1 Å². The minimum Gasteiger partial charge on any atom is -0.471 e. The molecule has 0 aliphatic carbocycles. The number of pyridine rings is 1. The Morgan fingerprint density at radius 1 is 1.24 bits per heavy atom. The van der Waals surface area contributed by atoms with E-state index in [9.17, 15) is 4.79 Å². The molecule has 0 spiro atoms. The first-order valence-electron chi connectivity index (χ1n) is 7.68. The summed E-state index contributed by atoms with van der Waals surface area (Å²) in [5, 5.41) is 7.60. The molecule has 25 heavy (non-hydrogen) atoms. The van der Waals surface area contributed by atoms with E-state index in [1.54, 1.807) is 41.3 Å². The maximum absolute atomic E-state index is 12.2. The van der Waals surface area contributed by atoms with Crippen LogP contribution in [0.2, 0.25) is 5.02 Å². The molecule has 1 aromatic carbocycles. The highest BCUT2D eigenvalue weighted by Crippen LogP contribution is 2.21. The molecule has 0 saturated heterocycles. The van der Waals surface area contributed by atoms with Crippen molar-refractivity contribution in [2.45, 2.75) is 20.6 Å². The van der Waals surface area contributed by atoms with Gasteiger partial charge in [0.15, 0.2) is 12.4 Å². The Balaban J connectivity index is 1.60. The van der Waals surface area contributed by atoms with Gasteiger partial charge in [0.2, 0.25) is 0 Å². The lowest BCUT2D eigenvalue weighted by Gasteiger charge is -2.07. The van der Waals surface area contributed by atoms with E-state index >= 15 is 0 Å². The molecule has 0 bridgehead atoms. The van der Waals surface area contributed by atoms with Crippen molar-refractivity contribution in [2.75, 3.05) is 5.32 Å². The number of nitrogens with zero attached hydrogens (tertiary/aromatic N) is 3. The predicted octanol–water partition coefficient (Wildman–Crippen LogP) is 3.84. The number of hydrogen-bond acceptors (Lipinski definition) is 4. The first-order chi connectivity index (χ1) is 12.0. The molecular weight excluding hydrogens is 340 g/mol. The molecule has 0 radical (unpaired) electrons. The minimum atomic E-state index is -0.322. The van der Waals surface area contributed by atoms with Crippen molar-refractivity contribution in [3.05, 3.63) is 70.6 Å². The van der Waals surface area contributed by atoms with Gasteiger partial charge in [-0.1, -0.05) is 17.7 Å². The topological polar surface area (TPSA) is 69.0 Å². The van der Waals surface area contributed by atoms with Gasteiger partial charge in [-0.3, -0.25) is 4.79 Å². The third kappa shape index (κ3) is 4.36. The van der Waals surface area contributed by atoms with Crippen molar-refractivity contribution in [1.82, 2.24) is 14.8 Å². The average Bonchev–Trinajstić information content (AvgIpc) is 3.07. The number of halogens is 1. The smallest absolute Gasteiger partial charge is 0.277 e. The molecule has 0 unspecified atom stereocenters. The van der Waals surface area contributed by atoms with Crippen molar-refractivity contribution in [1.29, 1.82) is 0 Å². The maximum Gasteiger partial charge on any atom is 0.277 e. The van der Waals surface area contributed by atoms with Crippen LogP contribution >= 0.6 is 11.6 Å². The molecule has 0 fully saturated rings. The van der Waals surface area contributed by atoms with Gasteiger partial charge in [-0.2, -0.15) is 5.10 Å². The summed E-state index contributed by atoms with van der Waals surface area (Å²) in [7, 11) is 0. The number of aryl methyl sites for hydroxylation is 2. The Bertz CT molecular complexity index is 890. The van der Waals surface area contributed by atoms with E-state index in [1.165, 1.54) is 0 Å². The number of rotatable bonds is 5. The number of carbonyl (C=O) groups is 1. The highest BCUT2D eigenvalue weighted by molar-refractivity contribution is 6.31. The fourth-order valence-electron chi connectivity index (χ4n) is 2.12. The van der Waals surface area contributed by atoms with Crippen molar-refractivity contribution in [3.8, 4) is 5.75 Å².